The minimum Gasteiger partial charge on any atom is -0.368 e. The van der Waals surface area contributed by atoms with Gasteiger partial charge in [0.1, 0.15) is 5.82 Å². The van der Waals surface area contributed by atoms with Crippen LogP contribution in [0.1, 0.15) is 52.1 Å². The molecule has 4 heteroatoms. The summed E-state index contributed by atoms with van der Waals surface area (Å²) in [7, 11) is 0. The van der Waals surface area contributed by atoms with Gasteiger partial charge in [-0.3, -0.25) is 0 Å². The van der Waals surface area contributed by atoms with Gasteiger partial charge in [0.25, 0.3) is 0 Å². The second-order valence-corrected chi connectivity index (χ2v) is 5.45. The lowest BCUT2D eigenvalue weighted by atomic mass is 9.81. The summed E-state index contributed by atoms with van der Waals surface area (Å²) in [5.74, 6) is 0.842. The Balaban J connectivity index is 3.18. The highest BCUT2D eigenvalue weighted by Gasteiger charge is 2.25. The lowest BCUT2D eigenvalue weighted by molar-refractivity contribution is 0.327. The Morgan fingerprint density at radius 1 is 1.29 bits per heavy atom. The summed E-state index contributed by atoms with van der Waals surface area (Å²) in [6.07, 6.45) is 0. The first kappa shape index (κ1) is 13.9. The second-order valence-electron chi connectivity index (χ2n) is 5.45. The average molecular weight is 239 g/mol. The van der Waals surface area contributed by atoms with E-state index in [1.807, 2.05) is 6.92 Å². The van der Waals surface area contributed by atoms with Crippen LogP contribution in [0.15, 0.2) is 0 Å². The molecule has 1 rings (SSSR count). The molecule has 0 amide bonds. The van der Waals surface area contributed by atoms with Crippen LogP contribution in [-0.2, 0) is 0 Å². The van der Waals surface area contributed by atoms with Crippen LogP contribution in [0.2, 0.25) is 0 Å². The van der Waals surface area contributed by atoms with E-state index < -0.39 is 0 Å². The van der Waals surface area contributed by atoms with Gasteiger partial charge in [0.2, 0.25) is 0 Å². The summed E-state index contributed by atoms with van der Waals surface area (Å²) in [6.45, 7) is 12.7. The molecule has 1 aromatic heterocycles. The van der Waals surface area contributed by atoms with Crippen molar-refractivity contribution in [1.82, 2.24) is 9.97 Å². The largest absolute Gasteiger partial charge is 0.368 e. The molecular weight excluding hydrogens is 217 g/mol. The highest BCUT2D eigenvalue weighted by molar-refractivity contribution is 5.38. The molecule has 0 aliphatic heterocycles. The van der Waals surface area contributed by atoms with Crippen LogP contribution in [-0.4, -0.2) is 16.5 Å². The van der Waals surface area contributed by atoms with Gasteiger partial charge < -0.3 is 5.32 Å². The molecule has 0 aliphatic carbocycles. The molecule has 0 radical (unpaired) electrons. The van der Waals surface area contributed by atoms with Gasteiger partial charge >= 0.3 is 0 Å². The maximum Gasteiger partial charge on any atom is 0.186 e. The SMILES string of the molecule is CCNc1nc(C(C)C(C)(C)C)nc(C)c1F. The summed E-state index contributed by atoms with van der Waals surface area (Å²) >= 11 is 0. The number of aryl methyl sites for hydroxylation is 1. The van der Waals surface area contributed by atoms with Crippen LogP contribution in [0.4, 0.5) is 10.2 Å². The van der Waals surface area contributed by atoms with Gasteiger partial charge in [0, 0.05) is 12.5 Å². The Morgan fingerprint density at radius 2 is 1.88 bits per heavy atom. The van der Waals surface area contributed by atoms with Crippen molar-refractivity contribution >= 4 is 5.82 Å². The lowest BCUT2D eigenvalue weighted by Gasteiger charge is -2.26. The highest BCUT2D eigenvalue weighted by Crippen LogP contribution is 2.33. The van der Waals surface area contributed by atoms with Crippen LogP contribution in [0, 0.1) is 18.2 Å². The van der Waals surface area contributed by atoms with Crippen LogP contribution < -0.4 is 5.32 Å². The Bertz CT molecular complexity index is 396. The summed E-state index contributed by atoms with van der Waals surface area (Å²) < 4.78 is 13.7. The lowest BCUT2D eigenvalue weighted by Crippen LogP contribution is -2.20. The fourth-order valence-corrected chi connectivity index (χ4v) is 1.45. The van der Waals surface area contributed by atoms with E-state index in [0.717, 1.165) is 0 Å². The van der Waals surface area contributed by atoms with Gasteiger partial charge in [-0.15, -0.1) is 0 Å². The van der Waals surface area contributed by atoms with Crippen molar-refractivity contribution < 1.29 is 4.39 Å². The zero-order valence-electron chi connectivity index (χ0n) is 11.6. The van der Waals surface area contributed by atoms with Gasteiger partial charge in [0.15, 0.2) is 11.6 Å². The molecule has 0 saturated heterocycles. The molecule has 1 aromatic rings. The number of aromatic nitrogens is 2. The van der Waals surface area contributed by atoms with Crippen LogP contribution >= 0.6 is 0 Å². The molecule has 1 N–H and O–H groups in total. The van der Waals surface area contributed by atoms with Crippen molar-refractivity contribution in [2.24, 2.45) is 5.41 Å². The quantitative estimate of drug-likeness (QED) is 0.877. The Hall–Kier alpha value is -1.19. The number of nitrogens with one attached hydrogen (secondary N) is 1. The van der Waals surface area contributed by atoms with Crippen molar-refractivity contribution in [2.75, 3.05) is 11.9 Å². The molecule has 3 nitrogen and oxygen atoms in total. The predicted molar refractivity (Wildman–Crippen MR) is 68.8 cm³/mol. The van der Waals surface area contributed by atoms with Crippen molar-refractivity contribution in [3.8, 4) is 0 Å². The van der Waals surface area contributed by atoms with Crippen LogP contribution in [0.3, 0.4) is 0 Å². The number of hydrogen-bond donors (Lipinski definition) is 1. The molecular formula is C13H22FN3. The molecule has 17 heavy (non-hydrogen) atoms. The summed E-state index contributed by atoms with van der Waals surface area (Å²) in [6, 6.07) is 0. The zero-order chi connectivity index (χ0) is 13.2. The number of anilines is 1. The summed E-state index contributed by atoms with van der Waals surface area (Å²) in [4.78, 5) is 8.55. The van der Waals surface area contributed by atoms with Gasteiger partial charge in [-0.25, -0.2) is 14.4 Å². The average Bonchev–Trinajstić information content (AvgIpc) is 2.22. The van der Waals surface area contributed by atoms with Gasteiger partial charge in [-0.2, -0.15) is 0 Å². The maximum absolute atomic E-state index is 13.7. The molecule has 0 bridgehead atoms. The molecule has 0 saturated carbocycles. The number of halogens is 1. The van der Waals surface area contributed by atoms with Gasteiger partial charge in [-0.05, 0) is 19.3 Å². The first-order chi connectivity index (χ1) is 7.77. The maximum atomic E-state index is 13.7. The van der Waals surface area contributed by atoms with Crippen molar-refractivity contribution in [2.45, 2.75) is 47.5 Å². The third-order valence-corrected chi connectivity index (χ3v) is 3.06. The van der Waals surface area contributed by atoms with Crippen molar-refractivity contribution in [3.05, 3.63) is 17.3 Å². The van der Waals surface area contributed by atoms with Gasteiger partial charge in [0.05, 0.1) is 5.69 Å². The smallest absolute Gasteiger partial charge is 0.186 e. The molecule has 96 valence electrons. The van der Waals surface area contributed by atoms with E-state index in [9.17, 15) is 4.39 Å². The van der Waals surface area contributed by atoms with Crippen LogP contribution in [0.5, 0.6) is 0 Å². The highest BCUT2D eigenvalue weighted by atomic mass is 19.1. The molecule has 1 unspecified atom stereocenters. The number of rotatable bonds is 3. The predicted octanol–water partition coefficient (Wildman–Crippen LogP) is 3.51. The minimum atomic E-state index is -0.350. The van der Waals surface area contributed by atoms with E-state index in [-0.39, 0.29) is 17.2 Å². The Kier molecular flexibility index (Phi) is 4.07. The normalized spacial score (nSPS) is 13.6. The Labute approximate surface area is 103 Å². The van der Waals surface area contributed by atoms with E-state index in [1.54, 1.807) is 6.92 Å². The second kappa shape index (κ2) is 4.98. The van der Waals surface area contributed by atoms with E-state index in [4.69, 9.17) is 0 Å². The molecule has 0 aliphatic rings. The standard InChI is InChI=1S/C13H22FN3/c1-7-15-12-10(14)9(3)16-11(17-12)8(2)13(4,5)6/h8H,7H2,1-6H3,(H,15,16,17). The third kappa shape index (κ3) is 3.14. The summed E-state index contributed by atoms with van der Waals surface area (Å²) in [5.41, 5.74) is 0.468. The van der Waals surface area contributed by atoms with E-state index in [2.05, 4.69) is 43.0 Å². The fourth-order valence-electron chi connectivity index (χ4n) is 1.45. The molecule has 0 aromatic carbocycles. The molecule has 1 atom stereocenters. The van der Waals surface area contributed by atoms with Crippen molar-refractivity contribution in [1.29, 1.82) is 0 Å². The first-order valence-electron chi connectivity index (χ1n) is 6.05. The summed E-state index contributed by atoms with van der Waals surface area (Å²) in [5, 5.41) is 2.94. The van der Waals surface area contributed by atoms with E-state index in [0.29, 0.717) is 23.9 Å². The molecule has 0 fully saturated rings. The van der Waals surface area contributed by atoms with E-state index in [1.165, 1.54) is 0 Å². The Morgan fingerprint density at radius 3 is 2.35 bits per heavy atom. The first-order valence-corrected chi connectivity index (χ1v) is 6.05. The topological polar surface area (TPSA) is 37.8 Å². The van der Waals surface area contributed by atoms with Gasteiger partial charge in [-0.1, -0.05) is 27.7 Å². The number of hydrogen-bond acceptors (Lipinski definition) is 3. The third-order valence-electron chi connectivity index (χ3n) is 3.06. The fraction of sp³-hybridized carbons (Fsp3) is 0.692. The molecule has 0 spiro atoms. The zero-order valence-corrected chi connectivity index (χ0v) is 11.6. The minimum absolute atomic E-state index is 0.0632. The monoisotopic (exact) mass is 239 g/mol. The number of nitrogens with zero attached hydrogens (tertiary/aromatic N) is 2. The van der Waals surface area contributed by atoms with Crippen molar-refractivity contribution in [3.63, 3.8) is 0 Å². The molecule has 1 heterocycles. The van der Waals surface area contributed by atoms with Crippen LogP contribution in [0.25, 0.3) is 0 Å². The van der Waals surface area contributed by atoms with E-state index >= 15 is 0 Å².